The fourth-order valence-electron chi connectivity index (χ4n) is 3.72. The lowest BCUT2D eigenvalue weighted by Gasteiger charge is -2.23. The lowest BCUT2D eigenvalue weighted by Crippen LogP contribution is -2.33. The molecule has 184 valence electrons. The number of carbonyl (C=O) groups excluding carboxylic acids is 1. The van der Waals surface area contributed by atoms with Crippen LogP contribution in [0, 0.1) is 11.8 Å². The monoisotopic (exact) mass is 493 g/mol. The van der Waals surface area contributed by atoms with Gasteiger partial charge in [-0.25, -0.2) is 24.7 Å². The van der Waals surface area contributed by atoms with Crippen LogP contribution in [0.1, 0.15) is 29.2 Å². The Hall–Kier alpha value is -5.01. The van der Waals surface area contributed by atoms with E-state index in [1.165, 1.54) is 12.2 Å². The summed E-state index contributed by atoms with van der Waals surface area (Å²) < 4.78 is 4.94. The van der Waals surface area contributed by atoms with Crippen LogP contribution < -0.4 is 15.4 Å². The molecule has 0 aliphatic carbocycles. The highest BCUT2D eigenvalue weighted by molar-refractivity contribution is 5.89. The Kier molecular flexibility index (Phi) is 7.15. The molecular weight excluding hydrogens is 470 g/mol. The van der Waals surface area contributed by atoms with E-state index in [2.05, 4.69) is 42.4 Å². The lowest BCUT2D eigenvalue weighted by molar-refractivity contribution is -0.0829. The molecule has 0 saturated carbocycles. The van der Waals surface area contributed by atoms with Gasteiger partial charge in [0.15, 0.2) is 0 Å². The van der Waals surface area contributed by atoms with Gasteiger partial charge in [0.25, 0.3) is 0 Å². The van der Waals surface area contributed by atoms with E-state index >= 15 is 0 Å². The van der Waals surface area contributed by atoms with Crippen molar-refractivity contribution in [2.75, 3.05) is 24.4 Å². The summed E-state index contributed by atoms with van der Waals surface area (Å²) in [5.41, 5.74) is 3.67. The highest BCUT2D eigenvalue weighted by Crippen LogP contribution is 2.30. The largest absolute Gasteiger partial charge is 0.467 e. The van der Waals surface area contributed by atoms with Crippen molar-refractivity contribution in [1.82, 2.24) is 25.0 Å². The number of methoxy groups -OCH3 is 1. The number of amides is 2. The number of anilines is 3. The molecule has 0 bridgehead atoms. The second-order valence-electron chi connectivity index (χ2n) is 8.01. The summed E-state index contributed by atoms with van der Waals surface area (Å²) in [6, 6.07) is 17.0. The normalized spacial score (nSPS) is 14.4. The number of hydroxylamine groups is 2. The molecule has 0 radical (unpaired) electrons. The Balaban J connectivity index is 1.21. The number of benzene rings is 2. The topological polar surface area (TPSA) is 114 Å². The van der Waals surface area contributed by atoms with Gasteiger partial charge in [0, 0.05) is 30.1 Å². The number of nitrogens with zero attached hydrogens (tertiary/aromatic N) is 5. The Morgan fingerprint density at radius 2 is 1.70 bits per heavy atom. The molecule has 0 unspecified atom stereocenters. The molecule has 0 spiro atoms. The molecule has 37 heavy (non-hydrogen) atoms. The maximum absolute atomic E-state index is 12.9. The molecule has 1 aliphatic rings. The van der Waals surface area contributed by atoms with E-state index in [1.807, 2.05) is 48.5 Å². The number of hydrogen-bond acceptors (Lipinski definition) is 8. The minimum absolute atomic E-state index is 0.126. The van der Waals surface area contributed by atoms with Crippen molar-refractivity contribution in [3.8, 4) is 17.9 Å². The third kappa shape index (κ3) is 5.98. The Bertz CT molecular complexity index is 1420. The lowest BCUT2D eigenvalue weighted by atomic mass is 10.1. The first kappa shape index (κ1) is 23.7. The SMILES string of the molecule is COc1ncc(Nc2ncc(C#Cc3cccc(NC(=O)N4OCC[C@H]4c4ccccc4)c3)cn2)cn1. The summed E-state index contributed by atoms with van der Waals surface area (Å²) in [7, 11) is 1.50. The third-order valence-electron chi connectivity index (χ3n) is 5.47. The van der Waals surface area contributed by atoms with Crippen molar-refractivity contribution in [2.24, 2.45) is 0 Å². The minimum atomic E-state index is -0.324. The third-order valence-corrected chi connectivity index (χ3v) is 5.47. The molecule has 3 heterocycles. The van der Waals surface area contributed by atoms with Crippen LogP contribution in [0.2, 0.25) is 0 Å². The van der Waals surface area contributed by atoms with E-state index in [4.69, 9.17) is 9.57 Å². The van der Waals surface area contributed by atoms with Gasteiger partial charge in [0.2, 0.25) is 5.95 Å². The van der Waals surface area contributed by atoms with Gasteiger partial charge >= 0.3 is 12.0 Å². The Morgan fingerprint density at radius 3 is 2.46 bits per heavy atom. The van der Waals surface area contributed by atoms with Crippen molar-refractivity contribution in [2.45, 2.75) is 12.5 Å². The summed E-state index contributed by atoms with van der Waals surface area (Å²) in [6.45, 7) is 0.489. The molecule has 2 amide bonds. The number of urea groups is 1. The van der Waals surface area contributed by atoms with Crippen molar-refractivity contribution in [3.05, 3.63) is 96.1 Å². The van der Waals surface area contributed by atoms with E-state index in [-0.39, 0.29) is 18.1 Å². The van der Waals surface area contributed by atoms with E-state index in [0.717, 1.165) is 17.5 Å². The van der Waals surface area contributed by atoms with Gasteiger partial charge in [-0.2, -0.15) is 5.06 Å². The van der Waals surface area contributed by atoms with Crippen molar-refractivity contribution >= 4 is 23.4 Å². The molecule has 2 N–H and O–H groups in total. The fourth-order valence-corrected chi connectivity index (χ4v) is 3.72. The van der Waals surface area contributed by atoms with Gasteiger partial charge in [0.1, 0.15) is 0 Å². The maximum atomic E-state index is 12.9. The number of nitrogens with one attached hydrogen (secondary N) is 2. The maximum Gasteiger partial charge on any atom is 0.346 e. The summed E-state index contributed by atoms with van der Waals surface area (Å²) in [5, 5.41) is 7.32. The number of hydrogen-bond donors (Lipinski definition) is 2. The van der Waals surface area contributed by atoms with Crippen molar-refractivity contribution in [3.63, 3.8) is 0 Å². The summed E-state index contributed by atoms with van der Waals surface area (Å²) >= 11 is 0. The molecule has 1 aliphatic heterocycles. The number of rotatable bonds is 5. The molecule has 2 aromatic carbocycles. The van der Waals surface area contributed by atoms with Crippen LogP contribution >= 0.6 is 0 Å². The molecule has 10 nitrogen and oxygen atoms in total. The molecule has 1 fully saturated rings. The van der Waals surface area contributed by atoms with Crippen LogP contribution in [0.15, 0.2) is 79.4 Å². The van der Waals surface area contributed by atoms with Gasteiger partial charge in [-0.1, -0.05) is 48.2 Å². The second-order valence-corrected chi connectivity index (χ2v) is 8.01. The van der Waals surface area contributed by atoms with E-state index < -0.39 is 0 Å². The van der Waals surface area contributed by atoms with E-state index in [0.29, 0.717) is 29.5 Å². The van der Waals surface area contributed by atoms with Crippen LogP contribution in [-0.4, -0.2) is 44.7 Å². The van der Waals surface area contributed by atoms with Crippen LogP contribution in [0.4, 0.5) is 22.1 Å². The minimum Gasteiger partial charge on any atom is -0.467 e. The van der Waals surface area contributed by atoms with Gasteiger partial charge in [-0.05, 0) is 23.8 Å². The molecule has 5 rings (SSSR count). The number of ether oxygens (including phenoxy) is 1. The molecule has 10 heteroatoms. The molecule has 1 atom stereocenters. The zero-order chi connectivity index (χ0) is 25.5. The second kappa shape index (κ2) is 11.2. The van der Waals surface area contributed by atoms with Gasteiger partial charge in [-0.3, -0.25) is 4.84 Å². The number of carbonyl (C=O) groups is 1. The zero-order valence-electron chi connectivity index (χ0n) is 20.0. The predicted molar refractivity (Wildman–Crippen MR) is 137 cm³/mol. The average Bonchev–Trinajstić information content (AvgIpc) is 3.44. The van der Waals surface area contributed by atoms with Crippen LogP contribution in [-0.2, 0) is 4.84 Å². The fraction of sp³-hybridized carbons (Fsp3) is 0.148. The summed E-state index contributed by atoms with van der Waals surface area (Å²) in [6.07, 6.45) is 7.13. The Labute approximate surface area is 213 Å². The highest BCUT2D eigenvalue weighted by Gasteiger charge is 2.31. The first-order valence-corrected chi connectivity index (χ1v) is 11.5. The van der Waals surface area contributed by atoms with Gasteiger partial charge in [-0.15, -0.1) is 0 Å². The molecule has 1 saturated heterocycles. The Morgan fingerprint density at radius 1 is 0.946 bits per heavy atom. The quantitative estimate of drug-likeness (QED) is 0.395. The highest BCUT2D eigenvalue weighted by atomic mass is 16.7. The molecular formula is C27H23N7O3. The van der Waals surface area contributed by atoms with Gasteiger partial charge < -0.3 is 15.4 Å². The summed E-state index contributed by atoms with van der Waals surface area (Å²) in [4.78, 5) is 35.1. The number of aromatic nitrogens is 4. The van der Waals surface area contributed by atoms with E-state index in [9.17, 15) is 4.79 Å². The standard InChI is InChI=1S/C27H23N7O3/c1-36-26-30-17-23(18-31-26)32-25-28-15-20(16-29-25)11-10-19-6-5-9-22(14-19)33-27(35)34-24(12-13-37-34)21-7-3-2-4-8-21/h2-9,14-18,24H,12-13H2,1H3,(H,33,35)(H,28,29,32)/t24-/m0/s1. The van der Waals surface area contributed by atoms with Crippen LogP contribution in [0.3, 0.4) is 0 Å². The van der Waals surface area contributed by atoms with Crippen LogP contribution in [0.25, 0.3) is 0 Å². The van der Waals surface area contributed by atoms with Gasteiger partial charge in [0.05, 0.1) is 43.4 Å². The molecule has 4 aromatic rings. The van der Waals surface area contributed by atoms with Crippen LogP contribution in [0.5, 0.6) is 6.01 Å². The average molecular weight is 494 g/mol. The van der Waals surface area contributed by atoms with E-state index in [1.54, 1.807) is 30.9 Å². The summed E-state index contributed by atoms with van der Waals surface area (Å²) in [5.74, 6) is 6.51. The predicted octanol–water partition coefficient (Wildman–Crippen LogP) is 4.33. The first-order valence-electron chi connectivity index (χ1n) is 11.5. The van der Waals surface area contributed by atoms with Crippen molar-refractivity contribution < 1.29 is 14.4 Å². The van der Waals surface area contributed by atoms with Crippen molar-refractivity contribution in [1.29, 1.82) is 0 Å². The smallest absolute Gasteiger partial charge is 0.346 e. The zero-order valence-corrected chi connectivity index (χ0v) is 20.0. The first-order chi connectivity index (χ1) is 18.2. The molecule has 2 aromatic heterocycles.